The fraction of sp³-hybridized carbons (Fsp3) is 0.500. The molecule has 4 heteroatoms. The molecule has 0 radical (unpaired) electrons. The molecule has 4 nitrogen and oxygen atoms in total. The zero-order valence-corrected chi connectivity index (χ0v) is 16.5. The quantitative estimate of drug-likeness (QED) is 0.781. The van der Waals surface area contributed by atoms with Crippen molar-refractivity contribution in [2.45, 2.75) is 74.1 Å². The van der Waals surface area contributed by atoms with Crippen LogP contribution in [0.1, 0.15) is 50.7 Å². The summed E-state index contributed by atoms with van der Waals surface area (Å²) in [6, 6.07) is 19.7. The SMILES string of the molecule is C[C@@]12O[C@@H]1CC[C@@]2(O)c1ccccc1.C[C@]12O[C@H]1CC[C@]2(O)c1ccccc1. The maximum absolute atomic E-state index is 10.6. The minimum Gasteiger partial charge on any atom is -0.382 e. The zero-order valence-electron chi connectivity index (χ0n) is 16.5. The van der Waals surface area contributed by atoms with Crippen LogP contribution < -0.4 is 0 Å². The lowest BCUT2D eigenvalue weighted by Gasteiger charge is -2.29. The van der Waals surface area contributed by atoms with E-state index < -0.39 is 11.2 Å². The molecule has 4 fully saturated rings. The Bertz CT molecular complexity index is 793. The summed E-state index contributed by atoms with van der Waals surface area (Å²) in [5.41, 5.74) is -0.203. The number of fused-ring (bicyclic) bond motifs is 2. The van der Waals surface area contributed by atoms with E-state index in [1.165, 1.54) is 0 Å². The van der Waals surface area contributed by atoms with E-state index in [-0.39, 0.29) is 23.4 Å². The second-order valence-electron chi connectivity index (χ2n) is 8.96. The number of rotatable bonds is 2. The summed E-state index contributed by atoms with van der Waals surface area (Å²) in [6.07, 6.45) is 4.13. The van der Waals surface area contributed by atoms with Crippen LogP contribution in [-0.4, -0.2) is 33.6 Å². The third-order valence-corrected chi connectivity index (χ3v) is 7.57. The molecular formula is C24H28O4. The van der Waals surface area contributed by atoms with Gasteiger partial charge in [-0.15, -0.1) is 0 Å². The monoisotopic (exact) mass is 380 g/mol. The average Bonchev–Trinajstić information content (AvgIpc) is 3.56. The summed E-state index contributed by atoms with van der Waals surface area (Å²) >= 11 is 0. The van der Waals surface area contributed by atoms with E-state index in [4.69, 9.17) is 9.47 Å². The molecule has 6 atom stereocenters. The molecule has 2 aromatic carbocycles. The minimum atomic E-state index is -0.765. The summed E-state index contributed by atoms with van der Waals surface area (Å²) < 4.78 is 11.1. The first-order valence-electron chi connectivity index (χ1n) is 10.2. The highest BCUT2D eigenvalue weighted by molar-refractivity contribution is 5.34. The van der Waals surface area contributed by atoms with Crippen LogP contribution in [0.5, 0.6) is 0 Å². The van der Waals surface area contributed by atoms with Gasteiger partial charge in [0.2, 0.25) is 0 Å². The fourth-order valence-electron chi connectivity index (χ4n) is 5.39. The van der Waals surface area contributed by atoms with Crippen LogP contribution in [0.25, 0.3) is 0 Å². The van der Waals surface area contributed by atoms with Crippen molar-refractivity contribution < 1.29 is 19.7 Å². The maximum atomic E-state index is 10.6. The Morgan fingerprint density at radius 2 is 1.04 bits per heavy atom. The van der Waals surface area contributed by atoms with Gasteiger partial charge in [-0.3, -0.25) is 0 Å². The Balaban J connectivity index is 0.000000122. The third kappa shape index (κ3) is 2.38. The second-order valence-corrected chi connectivity index (χ2v) is 8.96. The van der Waals surface area contributed by atoms with Crippen LogP contribution in [-0.2, 0) is 20.7 Å². The van der Waals surface area contributed by atoms with E-state index in [9.17, 15) is 10.2 Å². The Kier molecular flexibility index (Phi) is 3.86. The van der Waals surface area contributed by atoms with E-state index in [2.05, 4.69) is 0 Å². The molecule has 0 unspecified atom stereocenters. The number of benzene rings is 2. The first kappa shape index (κ1) is 18.3. The van der Waals surface area contributed by atoms with Gasteiger partial charge in [0.05, 0.1) is 12.2 Å². The zero-order chi connectivity index (χ0) is 19.6. The number of hydrogen-bond donors (Lipinski definition) is 2. The normalized spacial score (nSPS) is 44.9. The first-order valence-corrected chi connectivity index (χ1v) is 10.2. The van der Waals surface area contributed by atoms with E-state index in [0.717, 1.165) is 36.8 Å². The summed E-state index contributed by atoms with van der Waals surface area (Å²) in [5, 5.41) is 21.2. The van der Waals surface area contributed by atoms with Crippen molar-refractivity contribution in [3.05, 3.63) is 71.8 Å². The summed E-state index contributed by atoms with van der Waals surface area (Å²) in [4.78, 5) is 0. The lowest BCUT2D eigenvalue weighted by Crippen LogP contribution is -2.37. The molecule has 6 rings (SSSR count). The van der Waals surface area contributed by atoms with E-state index >= 15 is 0 Å². The molecule has 4 aliphatic rings. The Hall–Kier alpha value is -1.72. The van der Waals surface area contributed by atoms with E-state index in [1.807, 2.05) is 74.5 Å². The standard InChI is InChI=1S/2C12H14O2/c2*1-11-10(14-11)7-8-12(11,13)9-5-3-2-4-6-9/h2*2-6,10,13H,7-8H2,1H3/t2*10-,11-,12-/m10/s1. The van der Waals surface area contributed by atoms with Crippen molar-refractivity contribution in [1.29, 1.82) is 0 Å². The van der Waals surface area contributed by atoms with Gasteiger partial charge in [-0.2, -0.15) is 0 Å². The minimum absolute atomic E-state index is 0.271. The van der Waals surface area contributed by atoms with Crippen molar-refractivity contribution in [1.82, 2.24) is 0 Å². The molecular weight excluding hydrogens is 352 g/mol. The molecule has 0 bridgehead atoms. The van der Waals surface area contributed by atoms with Gasteiger partial charge in [0.25, 0.3) is 0 Å². The van der Waals surface area contributed by atoms with Crippen LogP contribution >= 0.6 is 0 Å². The van der Waals surface area contributed by atoms with Crippen molar-refractivity contribution in [2.24, 2.45) is 0 Å². The van der Waals surface area contributed by atoms with Crippen LogP contribution in [0, 0.1) is 0 Å². The number of ether oxygens (including phenoxy) is 2. The Morgan fingerprint density at radius 1 is 0.679 bits per heavy atom. The lowest BCUT2D eigenvalue weighted by atomic mass is 9.84. The van der Waals surface area contributed by atoms with Crippen LogP contribution in [0.4, 0.5) is 0 Å². The Morgan fingerprint density at radius 3 is 1.29 bits per heavy atom. The predicted molar refractivity (Wildman–Crippen MR) is 106 cm³/mol. The highest BCUT2D eigenvalue weighted by atomic mass is 16.6. The first-order chi connectivity index (χ1) is 13.3. The van der Waals surface area contributed by atoms with Crippen molar-refractivity contribution >= 4 is 0 Å². The van der Waals surface area contributed by atoms with Gasteiger partial charge in [0, 0.05) is 0 Å². The summed E-state index contributed by atoms with van der Waals surface area (Å²) in [7, 11) is 0. The van der Waals surface area contributed by atoms with Crippen molar-refractivity contribution in [3.8, 4) is 0 Å². The number of aliphatic hydroxyl groups is 2. The van der Waals surface area contributed by atoms with Gasteiger partial charge in [-0.25, -0.2) is 0 Å². The van der Waals surface area contributed by atoms with Crippen LogP contribution in [0.3, 0.4) is 0 Å². The van der Waals surface area contributed by atoms with Gasteiger partial charge in [-0.1, -0.05) is 60.7 Å². The third-order valence-electron chi connectivity index (χ3n) is 7.57. The van der Waals surface area contributed by atoms with Gasteiger partial charge < -0.3 is 19.7 Å². The molecule has 2 aliphatic carbocycles. The van der Waals surface area contributed by atoms with Crippen LogP contribution in [0.2, 0.25) is 0 Å². The lowest BCUT2D eigenvalue weighted by molar-refractivity contribution is -0.0409. The van der Waals surface area contributed by atoms with E-state index in [0.29, 0.717) is 0 Å². The van der Waals surface area contributed by atoms with Gasteiger partial charge in [-0.05, 0) is 50.7 Å². The molecule has 2 aromatic rings. The number of epoxide rings is 2. The second kappa shape index (κ2) is 5.90. The number of hydrogen-bond acceptors (Lipinski definition) is 4. The molecule has 28 heavy (non-hydrogen) atoms. The highest BCUT2D eigenvalue weighted by Gasteiger charge is 2.71. The van der Waals surface area contributed by atoms with Gasteiger partial charge >= 0.3 is 0 Å². The largest absolute Gasteiger partial charge is 0.382 e. The molecule has 0 amide bonds. The maximum Gasteiger partial charge on any atom is 0.125 e. The van der Waals surface area contributed by atoms with Crippen molar-refractivity contribution in [3.63, 3.8) is 0 Å². The average molecular weight is 380 g/mol. The Labute approximate surface area is 166 Å². The van der Waals surface area contributed by atoms with Crippen molar-refractivity contribution in [2.75, 3.05) is 0 Å². The predicted octanol–water partition coefficient (Wildman–Crippen LogP) is 3.65. The molecule has 2 heterocycles. The highest BCUT2D eigenvalue weighted by Crippen LogP contribution is 2.61. The topological polar surface area (TPSA) is 65.5 Å². The smallest absolute Gasteiger partial charge is 0.125 e. The summed E-state index contributed by atoms with van der Waals surface area (Å²) in [6.45, 7) is 4.02. The van der Waals surface area contributed by atoms with E-state index in [1.54, 1.807) is 0 Å². The van der Waals surface area contributed by atoms with Gasteiger partial charge in [0.1, 0.15) is 22.4 Å². The van der Waals surface area contributed by atoms with Crippen LogP contribution in [0.15, 0.2) is 60.7 Å². The summed E-state index contributed by atoms with van der Waals surface area (Å²) in [5.74, 6) is 0. The molecule has 0 aromatic heterocycles. The molecule has 2 N–H and O–H groups in total. The molecule has 148 valence electrons. The van der Waals surface area contributed by atoms with Gasteiger partial charge in [0.15, 0.2) is 0 Å². The molecule has 2 saturated carbocycles. The molecule has 2 saturated heterocycles. The molecule has 0 spiro atoms. The fourth-order valence-corrected chi connectivity index (χ4v) is 5.39. The molecule has 2 aliphatic heterocycles.